The van der Waals surface area contributed by atoms with E-state index in [2.05, 4.69) is 0 Å². The molecule has 0 atom stereocenters. The minimum atomic E-state index is -0.485. The number of hydrogen-bond donors (Lipinski definition) is 1. The Labute approximate surface area is 117 Å². The van der Waals surface area contributed by atoms with E-state index < -0.39 is 5.54 Å². The summed E-state index contributed by atoms with van der Waals surface area (Å²) < 4.78 is 0. The maximum Gasteiger partial charge on any atom is 0.224 e. The minimum Gasteiger partial charge on any atom is -0.334 e. The van der Waals surface area contributed by atoms with Crippen LogP contribution in [0.25, 0.3) is 0 Å². The van der Waals surface area contributed by atoms with Gasteiger partial charge in [0.05, 0.1) is 10.0 Å². The maximum absolute atomic E-state index is 12.1. The molecule has 1 aromatic carbocycles. The van der Waals surface area contributed by atoms with Gasteiger partial charge in [0.1, 0.15) is 0 Å². The lowest BCUT2D eigenvalue weighted by atomic mass is 10.0. The van der Waals surface area contributed by atoms with E-state index in [4.69, 9.17) is 28.9 Å². The normalized spacial score (nSPS) is 14.8. The predicted molar refractivity (Wildman–Crippen MR) is 73.6 cm³/mol. The van der Waals surface area contributed by atoms with Crippen LogP contribution in [0.3, 0.4) is 0 Å². The molecule has 2 rings (SSSR count). The van der Waals surface area contributed by atoms with Crippen molar-refractivity contribution in [2.45, 2.75) is 38.9 Å². The van der Waals surface area contributed by atoms with E-state index in [1.165, 1.54) is 0 Å². The molecule has 0 unspecified atom stereocenters. The van der Waals surface area contributed by atoms with Crippen LogP contribution in [0, 0.1) is 0 Å². The summed E-state index contributed by atoms with van der Waals surface area (Å²) in [5.74, 6) is 0.0611. The lowest BCUT2D eigenvalue weighted by Crippen LogP contribution is -2.39. The predicted octanol–water partition coefficient (Wildman–Crippen LogP) is 2.96. The van der Waals surface area contributed by atoms with E-state index in [1.807, 2.05) is 26.0 Å². The summed E-state index contributed by atoms with van der Waals surface area (Å²) in [6.45, 7) is 4.87. The Bertz CT molecular complexity index is 463. The van der Waals surface area contributed by atoms with Crippen molar-refractivity contribution in [3.63, 3.8) is 0 Å². The highest BCUT2D eigenvalue weighted by molar-refractivity contribution is 6.42. The zero-order valence-electron chi connectivity index (χ0n) is 10.5. The molecule has 0 saturated heterocycles. The van der Waals surface area contributed by atoms with Gasteiger partial charge in [-0.25, -0.2) is 0 Å². The fourth-order valence-corrected chi connectivity index (χ4v) is 2.44. The van der Waals surface area contributed by atoms with Crippen LogP contribution in [-0.2, 0) is 17.9 Å². The molecular formula is C13H16Cl2N2O. The van der Waals surface area contributed by atoms with Crippen LogP contribution in [-0.4, -0.2) is 16.3 Å². The summed E-state index contributed by atoms with van der Waals surface area (Å²) >= 11 is 11.9. The molecule has 2 N–H and O–H groups in total. The summed E-state index contributed by atoms with van der Waals surface area (Å²) in [5, 5.41) is 1.06. The zero-order chi connectivity index (χ0) is 13.5. The first-order chi connectivity index (χ1) is 8.26. The highest BCUT2D eigenvalue weighted by Gasteiger charge is 2.27. The lowest BCUT2D eigenvalue weighted by Gasteiger charge is -2.22. The number of carbonyl (C=O) groups excluding carboxylic acids is 1. The summed E-state index contributed by atoms with van der Waals surface area (Å²) in [6.07, 6.45) is 0.336. The molecule has 0 aliphatic carbocycles. The number of carbonyl (C=O) groups is 1. The maximum atomic E-state index is 12.1. The van der Waals surface area contributed by atoms with Gasteiger partial charge in [0.25, 0.3) is 0 Å². The monoisotopic (exact) mass is 286 g/mol. The molecule has 98 valence electrons. The van der Waals surface area contributed by atoms with Gasteiger partial charge in [-0.15, -0.1) is 0 Å². The number of benzene rings is 1. The summed E-state index contributed by atoms with van der Waals surface area (Å²) in [5.41, 5.74) is 7.51. The van der Waals surface area contributed by atoms with Crippen molar-refractivity contribution in [1.82, 2.24) is 4.90 Å². The van der Waals surface area contributed by atoms with Gasteiger partial charge >= 0.3 is 0 Å². The molecule has 1 heterocycles. The number of halogens is 2. The van der Waals surface area contributed by atoms with Crippen LogP contribution < -0.4 is 5.73 Å². The topological polar surface area (TPSA) is 46.3 Å². The number of amides is 1. The summed E-state index contributed by atoms with van der Waals surface area (Å²) in [4.78, 5) is 13.9. The van der Waals surface area contributed by atoms with Crippen LogP contribution in [0.1, 0.15) is 31.4 Å². The van der Waals surface area contributed by atoms with E-state index in [9.17, 15) is 4.79 Å². The lowest BCUT2D eigenvalue weighted by molar-refractivity contribution is -0.132. The molecule has 1 aromatic rings. The second kappa shape index (κ2) is 4.72. The van der Waals surface area contributed by atoms with Crippen molar-refractivity contribution in [2.75, 3.05) is 0 Å². The highest BCUT2D eigenvalue weighted by Crippen LogP contribution is 2.31. The third kappa shape index (κ3) is 2.97. The third-order valence-electron chi connectivity index (χ3n) is 2.92. The van der Waals surface area contributed by atoms with Crippen LogP contribution in [0.2, 0.25) is 10.0 Å². The fraction of sp³-hybridized carbons (Fsp3) is 0.462. The average molecular weight is 287 g/mol. The first-order valence-electron chi connectivity index (χ1n) is 5.80. The Balaban J connectivity index is 2.13. The molecule has 1 aliphatic rings. The van der Waals surface area contributed by atoms with Crippen molar-refractivity contribution in [2.24, 2.45) is 5.73 Å². The summed E-state index contributed by atoms with van der Waals surface area (Å²) in [7, 11) is 0. The van der Waals surface area contributed by atoms with Crippen molar-refractivity contribution < 1.29 is 4.79 Å². The quantitative estimate of drug-likeness (QED) is 0.909. The van der Waals surface area contributed by atoms with Gasteiger partial charge in [-0.2, -0.15) is 0 Å². The van der Waals surface area contributed by atoms with Gasteiger partial charge in [-0.05, 0) is 37.1 Å². The molecule has 0 spiro atoms. The molecule has 0 bridgehead atoms. The van der Waals surface area contributed by atoms with Crippen LogP contribution in [0.4, 0.5) is 0 Å². The standard InChI is InChI=1S/C13H16Cl2N2O/c1-13(2,16)5-12(18)17-6-8-3-10(14)11(15)4-9(8)7-17/h3-4H,5-7,16H2,1-2H3. The third-order valence-corrected chi connectivity index (χ3v) is 3.65. The van der Waals surface area contributed by atoms with Gasteiger partial charge in [0, 0.05) is 25.0 Å². The van der Waals surface area contributed by atoms with Crippen molar-refractivity contribution in [1.29, 1.82) is 0 Å². The van der Waals surface area contributed by atoms with Gasteiger partial charge in [-0.3, -0.25) is 4.79 Å². The Kier molecular flexibility index (Phi) is 3.58. The second-order valence-corrected chi connectivity index (χ2v) is 6.26. The Hall–Kier alpha value is -0.770. The summed E-state index contributed by atoms with van der Waals surface area (Å²) in [6, 6.07) is 3.67. The Morgan fingerprint density at radius 2 is 1.72 bits per heavy atom. The number of nitrogens with two attached hydrogens (primary N) is 1. The molecule has 0 fully saturated rings. The SMILES string of the molecule is CC(C)(N)CC(=O)N1Cc2cc(Cl)c(Cl)cc2C1. The number of nitrogens with zero attached hydrogens (tertiary/aromatic N) is 1. The fourth-order valence-electron chi connectivity index (χ4n) is 2.07. The van der Waals surface area contributed by atoms with Crippen LogP contribution >= 0.6 is 23.2 Å². The van der Waals surface area contributed by atoms with Gasteiger partial charge in [0.15, 0.2) is 0 Å². The number of rotatable bonds is 2. The van der Waals surface area contributed by atoms with E-state index in [1.54, 1.807) is 4.90 Å². The Morgan fingerprint density at radius 1 is 1.28 bits per heavy atom. The zero-order valence-corrected chi connectivity index (χ0v) is 12.0. The molecule has 3 nitrogen and oxygen atoms in total. The largest absolute Gasteiger partial charge is 0.334 e. The molecule has 5 heteroatoms. The Morgan fingerprint density at radius 3 is 2.11 bits per heavy atom. The smallest absolute Gasteiger partial charge is 0.224 e. The van der Waals surface area contributed by atoms with E-state index in [0.29, 0.717) is 29.6 Å². The first kappa shape index (κ1) is 13.7. The molecule has 1 amide bonds. The molecule has 1 aliphatic heterocycles. The number of fused-ring (bicyclic) bond motifs is 1. The second-order valence-electron chi connectivity index (χ2n) is 5.45. The van der Waals surface area contributed by atoms with E-state index in [0.717, 1.165) is 11.1 Å². The molecule has 18 heavy (non-hydrogen) atoms. The minimum absolute atomic E-state index is 0.0611. The molecule has 0 aromatic heterocycles. The average Bonchev–Trinajstić information content (AvgIpc) is 2.59. The van der Waals surface area contributed by atoms with Crippen molar-refractivity contribution >= 4 is 29.1 Å². The van der Waals surface area contributed by atoms with Gasteiger partial charge < -0.3 is 10.6 Å². The van der Waals surface area contributed by atoms with Gasteiger partial charge in [0.2, 0.25) is 5.91 Å². The molecule has 0 saturated carbocycles. The number of hydrogen-bond acceptors (Lipinski definition) is 2. The van der Waals surface area contributed by atoms with E-state index in [-0.39, 0.29) is 5.91 Å². The molecule has 0 radical (unpaired) electrons. The van der Waals surface area contributed by atoms with Crippen LogP contribution in [0.15, 0.2) is 12.1 Å². The first-order valence-corrected chi connectivity index (χ1v) is 6.55. The van der Waals surface area contributed by atoms with Crippen molar-refractivity contribution in [3.05, 3.63) is 33.3 Å². The van der Waals surface area contributed by atoms with Crippen molar-refractivity contribution in [3.8, 4) is 0 Å². The van der Waals surface area contributed by atoms with Gasteiger partial charge in [-0.1, -0.05) is 23.2 Å². The highest BCUT2D eigenvalue weighted by atomic mass is 35.5. The van der Waals surface area contributed by atoms with Crippen LogP contribution in [0.5, 0.6) is 0 Å². The molecular weight excluding hydrogens is 271 g/mol. The van der Waals surface area contributed by atoms with E-state index >= 15 is 0 Å².